The number of Topliss-reactive ketones (excluding diaryl/α,β-unsaturated/α-hetero) is 1. The number of carboxylic acids is 1. The molecule has 16 heavy (non-hydrogen) atoms. The molecule has 0 atom stereocenters. The Bertz CT molecular complexity index is 429. The van der Waals surface area contributed by atoms with Crippen molar-refractivity contribution in [1.82, 2.24) is 0 Å². The highest BCUT2D eigenvalue weighted by Gasteiger charge is 2.51. The van der Waals surface area contributed by atoms with Crippen LogP contribution in [0.5, 0.6) is 5.75 Å². The van der Waals surface area contributed by atoms with Gasteiger partial charge in [-0.3, -0.25) is 9.59 Å². The summed E-state index contributed by atoms with van der Waals surface area (Å²) in [5.41, 5.74) is -0.878. The van der Waals surface area contributed by atoms with Crippen LogP contribution < -0.4 is 0 Å². The van der Waals surface area contributed by atoms with Crippen LogP contribution in [0.2, 0.25) is 0 Å². The van der Waals surface area contributed by atoms with E-state index in [-0.39, 0.29) is 11.5 Å². The highest BCUT2D eigenvalue weighted by molar-refractivity contribution is 6.12. The number of rotatable bonds is 3. The van der Waals surface area contributed by atoms with Crippen molar-refractivity contribution in [1.29, 1.82) is 0 Å². The molecule has 0 bridgehead atoms. The third-order valence-corrected chi connectivity index (χ3v) is 3.18. The van der Waals surface area contributed by atoms with Crippen molar-refractivity contribution in [3.05, 3.63) is 29.8 Å². The first-order chi connectivity index (χ1) is 7.56. The van der Waals surface area contributed by atoms with Crippen LogP contribution in [0.25, 0.3) is 0 Å². The summed E-state index contributed by atoms with van der Waals surface area (Å²) in [7, 11) is 0. The Morgan fingerprint density at radius 3 is 2.06 bits per heavy atom. The molecule has 0 amide bonds. The number of carbonyl (C=O) groups excluding carboxylic acids is 1. The van der Waals surface area contributed by atoms with E-state index in [4.69, 9.17) is 10.2 Å². The van der Waals surface area contributed by atoms with Gasteiger partial charge in [0, 0.05) is 5.56 Å². The molecule has 0 unspecified atom stereocenters. The second kappa shape index (κ2) is 3.63. The summed E-state index contributed by atoms with van der Waals surface area (Å²) in [6, 6.07) is 5.70. The standard InChI is InChI=1S/C12H12O4/c13-9-4-2-8(3-5-9)10(14)12(11(15)16)6-1-7-12/h2-5,13H,1,6-7H2,(H,15,16). The lowest BCUT2D eigenvalue weighted by Gasteiger charge is -2.35. The first-order valence-corrected chi connectivity index (χ1v) is 5.13. The molecular weight excluding hydrogens is 208 g/mol. The second-order valence-corrected chi connectivity index (χ2v) is 4.12. The smallest absolute Gasteiger partial charge is 0.317 e. The van der Waals surface area contributed by atoms with E-state index in [2.05, 4.69) is 0 Å². The van der Waals surface area contributed by atoms with Crippen molar-refractivity contribution >= 4 is 11.8 Å². The van der Waals surface area contributed by atoms with Crippen LogP contribution >= 0.6 is 0 Å². The maximum atomic E-state index is 12.0. The van der Waals surface area contributed by atoms with E-state index < -0.39 is 11.4 Å². The molecule has 0 spiro atoms. The average molecular weight is 220 g/mol. The van der Waals surface area contributed by atoms with Gasteiger partial charge in [0.15, 0.2) is 5.78 Å². The summed E-state index contributed by atoms with van der Waals surface area (Å²) in [5, 5.41) is 18.2. The summed E-state index contributed by atoms with van der Waals surface area (Å²) in [5.74, 6) is -1.34. The van der Waals surface area contributed by atoms with E-state index in [0.29, 0.717) is 18.4 Å². The highest BCUT2D eigenvalue weighted by Crippen LogP contribution is 2.43. The van der Waals surface area contributed by atoms with Gasteiger partial charge in [-0.2, -0.15) is 0 Å². The van der Waals surface area contributed by atoms with Gasteiger partial charge in [-0.25, -0.2) is 0 Å². The van der Waals surface area contributed by atoms with Crippen LogP contribution in [0.15, 0.2) is 24.3 Å². The Morgan fingerprint density at radius 2 is 1.69 bits per heavy atom. The lowest BCUT2D eigenvalue weighted by atomic mass is 9.64. The zero-order valence-electron chi connectivity index (χ0n) is 8.64. The number of ketones is 1. The quantitative estimate of drug-likeness (QED) is 0.602. The summed E-state index contributed by atoms with van der Waals surface area (Å²) < 4.78 is 0. The minimum Gasteiger partial charge on any atom is -0.508 e. The lowest BCUT2D eigenvalue weighted by Crippen LogP contribution is -2.45. The van der Waals surface area contributed by atoms with Crippen molar-refractivity contribution in [3.8, 4) is 5.75 Å². The number of carboxylic acid groups (broad SMARTS) is 1. The molecule has 0 radical (unpaired) electrons. The minimum absolute atomic E-state index is 0.0644. The van der Waals surface area contributed by atoms with Gasteiger partial charge in [0.05, 0.1) is 0 Å². The van der Waals surface area contributed by atoms with Gasteiger partial charge >= 0.3 is 5.97 Å². The van der Waals surface area contributed by atoms with Crippen LogP contribution in [-0.2, 0) is 4.79 Å². The van der Waals surface area contributed by atoms with Crippen molar-refractivity contribution in [3.63, 3.8) is 0 Å². The van der Waals surface area contributed by atoms with E-state index in [1.54, 1.807) is 0 Å². The number of carbonyl (C=O) groups is 2. The number of hydrogen-bond acceptors (Lipinski definition) is 3. The number of phenols is 1. The van der Waals surface area contributed by atoms with Gasteiger partial charge in [0.1, 0.15) is 11.2 Å². The molecule has 0 saturated heterocycles. The molecule has 1 fully saturated rings. The third-order valence-electron chi connectivity index (χ3n) is 3.18. The Kier molecular flexibility index (Phi) is 2.42. The van der Waals surface area contributed by atoms with E-state index in [0.717, 1.165) is 6.42 Å². The normalized spacial score (nSPS) is 17.5. The minimum atomic E-state index is -1.23. The van der Waals surface area contributed by atoms with E-state index in [1.807, 2.05) is 0 Å². The Labute approximate surface area is 92.5 Å². The molecule has 4 nitrogen and oxygen atoms in total. The molecule has 4 heteroatoms. The van der Waals surface area contributed by atoms with Gasteiger partial charge < -0.3 is 10.2 Å². The molecule has 0 heterocycles. The van der Waals surface area contributed by atoms with Crippen LogP contribution in [0.1, 0.15) is 29.6 Å². The van der Waals surface area contributed by atoms with Crippen molar-refractivity contribution in [2.75, 3.05) is 0 Å². The number of hydrogen-bond donors (Lipinski definition) is 2. The van der Waals surface area contributed by atoms with Gasteiger partial charge in [0.2, 0.25) is 0 Å². The second-order valence-electron chi connectivity index (χ2n) is 4.12. The van der Waals surface area contributed by atoms with E-state index >= 15 is 0 Å². The molecule has 1 aromatic rings. The molecule has 1 aliphatic rings. The monoisotopic (exact) mass is 220 g/mol. The lowest BCUT2D eigenvalue weighted by molar-refractivity contribution is -0.150. The molecule has 0 aromatic heterocycles. The summed E-state index contributed by atoms with van der Waals surface area (Å²) in [4.78, 5) is 23.2. The topological polar surface area (TPSA) is 74.6 Å². The van der Waals surface area contributed by atoms with Crippen LogP contribution in [-0.4, -0.2) is 22.0 Å². The number of aromatic hydroxyl groups is 1. The Morgan fingerprint density at radius 1 is 1.12 bits per heavy atom. The van der Waals surface area contributed by atoms with Gasteiger partial charge in [-0.1, -0.05) is 6.42 Å². The highest BCUT2D eigenvalue weighted by atomic mass is 16.4. The zero-order valence-corrected chi connectivity index (χ0v) is 8.64. The fourth-order valence-electron chi connectivity index (χ4n) is 1.96. The molecule has 0 aliphatic heterocycles. The predicted octanol–water partition coefficient (Wildman–Crippen LogP) is 1.83. The zero-order chi connectivity index (χ0) is 11.8. The largest absolute Gasteiger partial charge is 0.508 e. The Hall–Kier alpha value is -1.84. The van der Waals surface area contributed by atoms with Gasteiger partial charge in [-0.15, -0.1) is 0 Å². The number of aliphatic carboxylic acids is 1. The van der Waals surface area contributed by atoms with Crippen molar-refractivity contribution < 1.29 is 19.8 Å². The fraction of sp³-hybridized carbons (Fsp3) is 0.333. The molecule has 1 aromatic carbocycles. The van der Waals surface area contributed by atoms with Crippen molar-refractivity contribution in [2.45, 2.75) is 19.3 Å². The maximum Gasteiger partial charge on any atom is 0.317 e. The van der Waals surface area contributed by atoms with E-state index in [9.17, 15) is 9.59 Å². The third kappa shape index (κ3) is 1.46. The molecule has 2 rings (SSSR count). The molecular formula is C12H12O4. The molecule has 1 saturated carbocycles. The van der Waals surface area contributed by atoms with E-state index in [1.165, 1.54) is 24.3 Å². The summed E-state index contributed by atoms with van der Waals surface area (Å²) >= 11 is 0. The molecule has 1 aliphatic carbocycles. The van der Waals surface area contributed by atoms with Gasteiger partial charge in [0.25, 0.3) is 0 Å². The predicted molar refractivity (Wildman–Crippen MR) is 56.4 cm³/mol. The van der Waals surface area contributed by atoms with Gasteiger partial charge in [-0.05, 0) is 37.1 Å². The summed E-state index contributed by atoms with van der Waals surface area (Å²) in [6.45, 7) is 0. The van der Waals surface area contributed by atoms with Crippen LogP contribution in [0.4, 0.5) is 0 Å². The number of benzene rings is 1. The summed E-state index contributed by atoms with van der Waals surface area (Å²) in [6.07, 6.45) is 1.58. The van der Waals surface area contributed by atoms with Crippen LogP contribution in [0, 0.1) is 5.41 Å². The maximum absolute atomic E-state index is 12.0. The Balaban J connectivity index is 2.31. The van der Waals surface area contributed by atoms with Crippen molar-refractivity contribution in [2.24, 2.45) is 5.41 Å². The SMILES string of the molecule is O=C(O)C1(C(=O)c2ccc(O)cc2)CCC1. The average Bonchev–Trinajstić information content (AvgIpc) is 2.16. The first-order valence-electron chi connectivity index (χ1n) is 5.13. The van der Waals surface area contributed by atoms with Crippen LogP contribution in [0.3, 0.4) is 0 Å². The fourth-order valence-corrected chi connectivity index (χ4v) is 1.96. The molecule has 2 N–H and O–H groups in total. The molecule has 84 valence electrons. The number of phenolic OH excluding ortho intramolecular Hbond substituents is 1. The first kappa shape index (κ1) is 10.7.